The Morgan fingerprint density at radius 1 is 0.892 bits per heavy atom. The maximum Gasteiger partial charge on any atom is 0.275 e. The first kappa shape index (κ1) is 25.4. The number of hydrogen-bond donors (Lipinski definition) is 1. The van der Waals surface area contributed by atoms with Crippen LogP contribution in [-0.2, 0) is 6.54 Å². The Bertz CT molecular complexity index is 1160. The lowest BCUT2D eigenvalue weighted by Gasteiger charge is -2.37. The van der Waals surface area contributed by atoms with Gasteiger partial charge in [0.2, 0.25) is 5.89 Å². The lowest BCUT2D eigenvalue weighted by atomic mass is 10.1. The van der Waals surface area contributed by atoms with Crippen LogP contribution in [0.3, 0.4) is 0 Å². The van der Waals surface area contributed by atoms with E-state index in [4.69, 9.17) is 4.42 Å². The summed E-state index contributed by atoms with van der Waals surface area (Å²) in [7, 11) is 0. The van der Waals surface area contributed by atoms with Crippen molar-refractivity contribution in [1.82, 2.24) is 19.7 Å². The van der Waals surface area contributed by atoms with Crippen molar-refractivity contribution >= 4 is 11.6 Å². The fourth-order valence-corrected chi connectivity index (χ4v) is 5.43. The third kappa shape index (κ3) is 6.04. The highest BCUT2D eigenvalue weighted by Crippen LogP contribution is 2.26. The smallest absolute Gasteiger partial charge is 0.275 e. The Balaban J connectivity index is 1.08. The lowest BCUT2D eigenvalue weighted by molar-refractivity contribution is 0.0671. The number of aliphatic hydroxyl groups is 1. The van der Waals surface area contributed by atoms with Crippen molar-refractivity contribution in [2.24, 2.45) is 0 Å². The number of β-amino-alcohol motifs (C(OH)–C–C–N with tert-alkyl or cyclic N) is 1. The molecule has 2 aliphatic heterocycles. The number of amides is 1. The van der Waals surface area contributed by atoms with Gasteiger partial charge in [0.05, 0.1) is 12.6 Å². The number of rotatable bonds is 7. The van der Waals surface area contributed by atoms with Crippen molar-refractivity contribution in [2.45, 2.75) is 26.5 Å². The zero-order chi connectivity index (χ0) is 25.8. The number of oxazole rings is 1. The Hall–Kier alpha value is -3.20. The molecule has 1 N–H and O–H groups in total. The highest BCUT2D eigenvalue weighted by Gasteiger charge is 2.27. The van der Waals surface area contributed by atoms with Crippen LogP contribution in [0.1, 0.15) is 39.2 Å². The van der Waals surface area contributed by atoms with Gasteiger partial charge in [-0.1, -0.05) is 48.5 Å². The molecule has 2 saturated heterocycles. The van der Waals surface area contributed by atoms with Crippen LogP contribution in [0.2, 0.25) is 0 Å². The van der Waals surface area contributed by atoms with Crippen molar-refractivity contribution in [2.75, 3.05) is 63.8 Å². The third-order valence-electron chi connectivity index (χ3n) is 7.53. The molecule has 3 heterocycles. The Kier molecular flexibility index (Phi) is 7.88. The van der Waals surface area contributed by atoms with E-state index in [1.54, 1.807) is 0 Å². The number of hydrogen-bond acceptors (Lipinski definition) is 7. The van der Waals surface area contributed by atoms with Crippen molar-refractivity contribution in [3.8, 4) is 0 Å². The molecule has 8 heteroatoms. The molecule has 0 aliphatic carbocycles. The average Bonchev–Trinajstić information content (AvgIpc) is 3.38. The van der Waals surface area contributed by atoms with E-state index >= 15 is 0 Å². The number of aromatic nitrogens is 1. The molecule has 2 aromatic carbocycles. The third-order valence-corrected chi connectivity index (χ3v) is 7.53. The van der Waals surface area contributed by atoms with Crippen molar-refractivity contribution in [1.29, 1.82) is 0 Å². The first-order chi connectivity index (χ1) is 18.0. The molecule has 8 nitrogen and oxygen atoms in total. The lowest BCUT2D eigenvalue weighted by Crippen LogP contribution is -2.49. The molecule has 1 atom stereocenters. The minimum atomic E-state index is -0.476. The van der Waals surface area contributed by atoms with Gasteiger partial charge in [0.15, 0.2) is 5.69 Å². The van der Waals surface area contributed by atoms with Crippen LogP contribution in [0.25, 0.3) is 0 Å². The summed E-state index contributed by atoms with van der Waals surface area (Å²) in [6.07, 6.45) is 1.03. The molecular formula is C29H37N5O3. The minimum absolute atomic E-state index is 0.0594. The van der Waals surface area contributed by atoms with Gasteiger partial charge in [-0.15, -0.1) is 0 Å². The maximum absolute atomic E-state index is 13.1. The van der Waals surface area contributed by atoms with E-state index in [1.807, 2.05) is 35.2 Å². The molecule has 0 saturated carbocycles. The van der Waals surface area contributed by atoms with Gasteiger partial charge in [0.25, 0.3) is 5.91 Å². The number of carbonyl (C=O) groups excluding carboxylic acids is 1. The summed E-state index contributed by atoms with van der Waals surface area (Å²) in [5.74, 6) is 0.520. The second-order valence-electron chi connectivity index (χ2n) is 10.1. The number of benzene rings is 2. The second kappa shape index (κ2) is 11.5. The summed E-state index contributed by atoms with van der Waals surface area (Å²) in [6.45, 7) is 12.0. The van der Waals surface area contributed by atoms with Crippen LogP contribution >= 0.6 is 0 Å². The van der Waals surface area contributed by atoms with Gasteiger partial charge in [-0.3, -0.25) is 14.6 Å². The summed E-state index contributed by atoms with van der Waals surface area (Å²) in [6, 6.07) is 16.2. The van der Waals surface area contributed by atoms with Gasteiger partial charge in [-0.05, 0) is 30.5 Å². The van der Waals surface area contributed by atoms with E-state index in [-0.39, 0.29) is 5.91 Å². The fraction of sp³-hybridized carbons (Fsp3) is 0.448. The van der Waals surface area contributed by atoms with Gasteiger partial charge >= 0.3 is 0 Å². The van der Waals surface area contributed by atoms with Gasteiger partial charge in [0.1, 0.15) is 6.26 Å². The predicted molar refractivity (Wildman–Crippen MR) is 144 cm³/mol. The van der Waals surface area contributed by atoms with Gasteiger partial charge in [-0.2, -0.15) is 0 Å². The standard InChI is InChI=1S/C29H37N5O3/c1-22-7-6-8-23(2)28(22)33-15-17-34(18-16-33)29(36)25-21-37-27(30-25)20-32-13-11-31(12-14-32)19-26(35)24-9-4-3-5-10-24/h3-10,21,26,35H,11-20H2,1-2H3/t26-/m0/s1. The summed E-state index contributed by atoms with van der Waals surface area (Å²) >= 11 is 0. The monoisotopic (exact) mass is 503 g/mol. The van der Waals surface area contributed by atoms with Gasteiger partial charge in [0, 0.05) is 64.6 Å². The topological polar surface area (TPSA) is 76.3 Å². The van der Waals surface area contributed by atoms with Crippen LogP contribution in [-0.4, -0.2) is 89.6 Å². The second-order valence-corrected chi connectivity index (χ2v) is 10.1. The van der Waals surface area contributed by atoms with Crippen LogP contribution in [0.4, 0.5) is 5.69 Å². The van der Waals surface area contributed by atoms with E-state index in [1.165, 1.54) is 23.1 Å². The summed E-state index contributed by atoms with van der Waals surface area (Å²) in [4.78, 5) is 26.4. The summed E-state index contributed by atoms with van der Waals surface area (Å²) < 4.78 is 5.69. The average molecular weight is 504 g/mol. The number of aliphatic hydroxyl groups excluding tert-OH is 1. The zero-order valence-electron chi connectivity index (χ0n) is 21.8. The van der Waals surface area contributed by atoms with Gasteiger partial charge < -0.3 is 19.3 Å². The first-order valence-corrected chi connectivity index (χ1v) is 13.2. The molecule has 1 amide bonds. The fourth-order valence-electron chi connectivity index (χ4n) is 5.43. The number of para-hydroxylation sites is 1. The zero-order valence-corrected chi connectivity index (χ0v) is 21.8. The minimum Gasteiger partial charge on any atom is -0.447 e. The van der Waals surface area contributed by atoms with E-state index in [2.05, 4.69) is 51.7 Å². The first-order valence-electron chi connectivity index (χ1n) is 13.2. The van der Waals surface area contributed by atoms with E-state index in [0.717, 1.165) is 44.8 Å². The predicted octanol–water partition coefficient (Wildman–Crippen LogP) is 3.11. The number of piperazine rings is 2. The highest BCUT2D eigenvalue weighted by atomic mass is 16.3. The van der Waals surface area contributed by atoms with Crippen LogP contribution in [0.15, 0.2) is 59.2 Å². The molecule has 3 aromatic rings. The maximum atomic E-state index is 13.1. The SMILES string of the molecule is Cc1cccc(C)c1N1CCN(C(=O)c2coc(CN3CCN(C[C@H](O)c4ccccc4)CC3)n2)CC1. The summed E-state index contributed by atoms with van der Waals surface area (Å²) in [5, 5.41) is 10.5. The molecule has 2 aliphatic rings. The highest BCUT2D eigenvalue weighted by molar-refractivity contribution is 5.92. The molecule has 0 spiro atoms. The molecule has 196 valence electrons. The number of aryl methyl sites for hydroxylation is 2. The Morgan fingerprint density at radius 3 is 2.22 bits per heavy atom. The Morgan fingerprint density at radius 2 is 1.54 bits per heavy atom. The summed E-state index contributed by atoms with van der Waals surface area (Å²) in [5.41, 5.74) is 5.17. The largest absolute Gasteiger partial charge is 0.447 e. The quantitative estimate of drug-likeness (QED) is 0.531. The molecule has 1 aromatic heterocycles. The molecule has 2 fully saturated rings. The van der Waals surface area contributed by atoms with E-state index in [0.29, 0.717) is 37.8 Å². The molecular weight excluding hydrogens is 466 g/mol. The normalized spacial score (nSPS) is 18.2. The van der Waals surface area contributed by atoms with Crippen molar-refractivity contribution < 1.29 is 14.3 Å². The number of anilines is 1. The Labute approximate surface area is 219 Å². The van der Waals surface area contributed by atoms with Crippen LogP contribution < -0.4 is 4.90 Å². The molecule has 0 unspecified atom stereocenters. The van der Waals surface area contributed by atoms with E-state index < -0.39 is 6.10 Å². The molecule has 37 heavy (non-hydrogen) atoms. The molecule has 0 bridgehead atoms. The van der Waals surface area contributed by atoms with Crippen LogP contribution in [0.5, 0.6) is 0 Å². The van der Waals surface area contributed by atoms with Crippen molar-refractivity contribution in [3.05, 3.63) is 83.1 Å². The number of carbonyl (C=O) groups is 1. The number of nitrogens with zero attached hydrogens (tertiary/aromatic N) is 5. The van der Waals surface area contributed by atoms with Gasteiger partial charge in [-0.25, -0.2) is 4.98 Å². The van der Waals surface area contributed by atoms with Crippen molar-refractivity contribution in [3.63, 3.8) is 0 Å². The van der Waals surface area contributed by atoms with Crippen LogP contribution in [0, 0.1) is 13.8 Å². The molecule has 0 radical (unpaired) electrons. The molecule has 5 rings (SSSR count). The van der Waals surface area contributed by atoms with E-state index in [9.17, 15) is 9.90 Å².